The summed E-state index contributed by atoms with van der Waals surface area (Å²) in [6.07, 6.45) is 5.85. The first kappa shape index (κ1) is 35.1. The zero-order valence-electron chi connectivity index (χ0n) is 31.5. The van der Waals surface area contributed by atoms with Gasteiger partial charge in [0.05, 0.1) is 0 Å². The molecule has 1 nitrogen and oxygen atoms in total. The van der Waals surface area contributed by atoms with Gasteiger partial charge in [-0.1, -0.05) is 152 Å². The molecule has 0 saturated carbocycles. The molecule has 0 radical (unpaired) electrons. The van der Waals surface area contributed by atoms with E-state index in [4.69, 9.17) is 0 Å². The normalized spacial score (nSPS) is 13.9. The van der Waals surface area contributed by atoms with Crippen LogP contribution in [0.15, 0.2) is 182 Å². The summed E-state index contributed by atoms with van der Waals surface area (Å²) < 4.78 is 2.68. The van der Waals surface area contributed by atoms with Crippen LogP contribution in [0.5, 0.6) is 0 Å². The summed E-state index contributed by atoms with van der Waals surface area (Å²) in [5.74, 6) is 0.504. The topological polar surface area (TPSA) is 3.24 Å². The van der Waals surface area contributed by atoms with Crippen molar-refractivity contribution in [2.24, 2.45) is 5.92 Å². The molecule has 8 aromatic rings. The first-order chi connectivity index (χ1) is 26.4. The monoisotopic (exact) mass is 715 g/mol. The van der Waals surface area contributed by atoms with Crippen LogP contribution in [0, 0.1) is 26.7 Å². The highest BCUT2D eigenvalue weighted by atomic mass is 32.1. The minimum Gasteiger partial charge on any atom is -0.310 e. The van der Waals surface area contributed by atoms with E-state index in [1.54, 1.807) is 0 Å². The van der Waals surface area contributed by atoms with Crippen LogP contribution >= 0.6 is 11.3 Å². The number of aryl methyl sites for hydroxylation is 3. The molecule has 264 valence electrons. The van der Waals surface area contributed by atoms with E-state index in [9.17, 15) is 0 Å². The summed E-state index contributed by atoms with van der Waals surface area (Å²) in [5.41, 5.74) is 15.2. The molecule has 7 aromatic carbocycles. The third kappa shape index (κ3) is 7.31. The second kappa shape index (κ2) is 15.6. The van der Waals surface area contributed by atoms with Gasteiger partial charge in [-0.05, 0) is 120 Å². The maximum absolute atomic E-state index is 2.40. The molecule has 0 spiro atoms. The van der Waals surface area contributed by atoms with Crippen molar-refractivity contribution in [3.05, 3.63) is 210 Å². The summed E-state index contributed by atoms with van der Waals surface area (Å²) in [4.78, 5) is 2.37. The molecule has 1 heterocycles. The number of hydrogen-bond donors (Lipinski definition) is 0. The summed E-state index contributed by atoms with van der Waals surface area (Å²) in [5, 5.41) is 2.66. The van der Waals surface area contributed by atoms with Crippen LogP contribution in [0.3, 0.4) is 0 Å². The van der Waals surface area contributed by atoms with E-state index in [2.05, 4.69) is 196 Å². The molecule has 0 bridgehead atoms. The molecule has 0 aliphatic heterocycles. The number of benzene rings is 7. The Morgan fingerprint density at radius 3 is 1.83 bits per heavy atom. The Bertz CT molecular complexity index is 2610. The van der Waals surface area contributed by atoms with Gasteiger partial charge in [-0.3, -0.25) is 0 Å². The predicted molar refractivity (Wildman–Crippen MR) is 236 cm³/mol. The van der Waals surface area contributed by atoms with Crippen molar-refractivity contribution < 1.29 is 0 Å². The van der Waals surface area contributed by atoms with E-state index >= 15 is 0 Å². The fourth-order valence-electron chi connectivity index (χ4n) is 7.56. The molecular weight excluding hydrogens is 671 g/mol. The molecule has 9 rings (SSSR count). The van der Waals surface area contributed by atoms with Crippen LogP contribution < -0.4 is 4.90 Å². The molecule has 1 aliphatic rings. The number of fused-ring (bicyclic) bond motifs is 3. The van der Waals surface area contributed by atoms with Crippen LogP contribution in [-0.2, 0) is 0 Å². The molecule has 2 heteroatoms. The Balaban J connectivity index is 0.000000533. The smallest absolute Gasteiger partial charge is 0.0464 e. The van der Waals surface area contributed by atoms with E-state index in [0.29, 0.717) is 5.92 Å². The molecule has 0 fully saturated rings. The van der Waals surface area contributed by atoms with Gasteiger partial charge in [-0.25, -0.2) is 0 Å². The lowest BCUT2D eigenvalue weighted by atomic mass is 9.82. The number of anilines is 3. The van der Waals surface area contributed by atoms with Gasteiger partial charge in [0.2, 0.25) is 0 Å². The second-order valence-electron chi connectivity index (χ2n) is 14.4. The standard InChI is InChI=1S/C45H37NS.C7H8/c1-30-10-8-12-38(28-30)46(36-24-20-33(21-25-36)35-19-18-32(3)43(29-35)39-13-5-4-11-31(39)2)37-26-22-34(23-27-37)40-15-9-16-42-41-14-6-7-17-44(41)47-45(40)42;1-7-5-3-2-4-6-7/h4-17,19-29,32H,18H2,1-3H3;2-6H,1H3. The molecule has 54 heavy (non-hydrogen) atoms. The van der Waals surface area contributed by atoms with Gasteiger partial charge in [0, 0.05) is 37.2 Å². The SMILES string of the molecule is Cc1cccc(N(c2ccc(C3=CCC(C)C(c4ccccc4C)=C3)cc2)c2ccc(-c3cccc4c3sc3ccccc34)cc2)c1.Cc1ccccc1. The maximum Gasteiger partial charge on any atom is 0.0464 e. The van der Waals surface area contributed by atoms with Crippen molar-refractivity contribution in [3.63, 3.8) is 0 Å². The van der Waals surface area contributed by atoms with Crippen LogP contribution in [0.2, 0.25) is 0 Å². The first-order valence-electron chi connectivity index (χ1n) is 18.9. The van der Waals surface area contributed by atoms with Gasteiger partial charge in [-0.2, -0.15) is 0 Å². The molecule has 0 amide bonds. The third-order valence-corrected chi connectivity index (χ3v) is 11.7. The lowest BCUT2D eigenvalue weighted by Gasteiger charge is -2.27. The second-order valence-corrected chi connectivity index (χ2v) is 15.5. The van der Waals surface area contributed by atoms with E-state index in [1.165, 1.54) is 70.3 Å². The number of rotatable bonds is 6. The van der Waals surface area contributed by atoms with Crippen LogP contribution in [-0.4, -0.2) is 0 Å². The predicted octanol–water partition coefficient (Wildman–Crippen LogP) is 15.3. The third-order valence-electron chi connectivity index (χ3n) is 10.5. The number of allylic oxidation sites excluding steroid dienone is 4. The molecule has 0 saturated heterocycles. The van der Waals surface area contributed by atoms with Crippen molar-refractivity contribution in [3.8, 4) is 11.1 Å². The molecule has 1 aromatic heterocycles. The molecule has 1 aliphatic carbocycles. The van der Waals surface area contributed by atoms with Crippen LogP contribution in [0.1, 0.15) is 41.2 Å². The Labute approximate surface area is 324 Å². The average Bonchev–Trinajstić information content (AvgIpc) is 3.59. The van der Waals surface area contributed by atoms with Gasteiger partial charge in [0.25, 0.3) is 0 Å². The van der Waals surface area contributed by atoms with Crippen molar-refractivity contribution in [1.29, 1.82) is 0 Å². The maximum atomic E-state index is 2.40. The molecular formula is C52H45NS. The number of nitrogens with zero attached hydrogens (tertiary/aromatic N) is 1. The Morgan fingerprint density at radius 2 is 1.13 bits per heavy atom. The van der Waals surface area contributed by atoms with Gasteiger partial charge < -0.3 is 4.90 Å². The molecule has 1 unspecified atom stereocenters. The first-order valence-corrected chi connectivity index (χ1v) is 19.7. The molecule has 0 N–H and O–H groups in total. The van der Waals surface area contributed by atoms with Gasteiger partial charge in [-0.15, -0.1) is 11.3 Å². The van der Waals surface area contributed by atoms with Gasteiger partial charge in [0.1, 0.15) is 0 Å². The highest BCUT2D eigenvalue weighted by molar-refractivity contribution is 7.26. The fourth-order valence-corrected chi connectivity index (χ4v) is 8.80. The number of hydrogen-bond acceptors (Lipinski definition) is 2. The van der Waals surface area contributed by atoms with Crippen LogP contribution in [0.4, 0.5) is 17.1 Å². The highest BCUT2D eigenvalue weighted by Gasteiger charge is 2.19. The summed E-state index contributed by atoms with van der Waals surface area (Å²) >= 11 is 1.88. The largest absolute Gasteiger partial charge is 0.310 e. The average molecular weight is 716 g/mol. The molecule has 1 atom stereocenters. The van der Waals surface area contributed by atoms with Gasteiger partial charge >= 0.3 is 0 Å². The lowest BCUT2D eigenvalue weighted by Crippen LogP contribution is -2.10. The minimum absolute atomic E-state index is 0.504. The van der Waals surface area contributed by atoms with Crippen molar-refractivity contribution in [2.45, 2.75) is 34.1 Å². The summed E-state index contributed by atoms with van der Waals surface area (Å²) in [6.45, 7) is 8.80. The van der Waals surface area contributed by atoms with Crippen molar-refractivity contribution in [2.75, 3.05) is 4.90 Å². The quantitative estimate of drug-likeness (QED) is 0.166. The number of thiophene rings is 1. The Kier molecular flexibility index (Phi) is 10.1. The van der Waals surface area contributed by atoms with E-state index in [0.717, 1.165) is 23.5 Å². The van der Waals surface area contributed by atoms with Crippen molar-refractivity contribution in [1.82, 2.24) is 0 Å². The zero-order chi connectivity index (χ0) is 37.0. The van der Waals surface area contributed by atoms with Crippen molar-refractivity contribution >= 4 is 59.7 Å². The van der Waals surface area contributed by atoms with E-state index in [-0.39, 0.29) is 0 Å². The zero-order valence-corrected chi connectivity index (χ0v) is 32.3. The van der Waals surface area contributed by atoms with Crippen LogP contribution in [0.25, 0.3) is 42.4 Å². The summed E-state index contributed by atoms with van der Waals surface area (Å²) in [6, 6.07) is 61.4. The highest BCUT2D eigenvalue weighted by Crippen LogP contribution is 2.42. The van der Waals surface area contributed by atoms with E-state index in [1.807, 2.05) is 29.5 Å². The van der Waals surface area contributed by atoms with Gasteiger partial charge in [0.15, 0.2) is 0 Å². The Hall–Kier alpha value is -5.96. The summed E-state index contributed by atoms with van der Waals surface area (Å²) in [7, 11) is 0. The minimum atomic E-state index is 0.504. The fraction of sp³-hybridized carbons (Fsp3) is 0.115. The lowest BCUT2D eigenvalue weighted by molar-refractivity contribution is 0.760. The van der Waals surface area contributed by atoms with E-state index < -0.39 is 0 Å². The Morgan fingerprint density at radius 1 is 0.519 bits per heavy atom.